The molecule has 11 atom stereocenters. The van der Waals surface area contributed by atoms with Gasteiger partial charge in [0, 0.05) is 12.3 Å². The Bertz CT molecular complexity index is 960. The van der Waals surface area contributed by atoms with Gasteiger partial charge in [-0.25, -0.2) is 0 Å². The molecule has 10 unspecified atom stereocenters. The quantitative estimate of drug-likeness (QED) is 0.388. The molecule has 5 saturated carbocycles. The van der Waals surface area contributed by atoms with E-state index in [0.29, 0.717) is 40.3 Å². The van der Waals surface area contributed by atoms with Crippen molar-refractivity contribution >= 4 is 0 Å². The second-order valence-corrected chi connectivity index (χ2v) is 16.6. The molecule has 1 aliphatic heterocycles. The van der Waals surface area contributed by atoms with Crippen molar-refractivity contribution in [3.8, 4) is 0 Å². The lowest BCUT2D eigenvalue weighted by molar-refractivity contribution is -0.254. The first-order chi connectivity index (χ1) is 17.1. The summed E-state index contributed by atoms with van der Waals surface area (Å²) in [6, 6.07) is 0. The van der Waals surface area contributed by atoms with Crippen LogP contribution in [0.2, 0.25) is 0 Å². The fourth-order valence-electron chi connectivity index (χ4n) is 13.0. The molecule has 5 aliphatic carbocycles. The van der Waals surface area contributed by atoms with Crippen LogP contribution in [-0.2, 0) is 9.47 Å². The molecule has 6 aliphatic rings. The first-order valence-electron chi connectivity index (χ1n) is 15.8. The molecule has 2 spiro atoms. The predicted octanol–water partition coefficient (Wildman–Crippen LogP) is 8.09. The second kappa shape index (κ2) is 8.10. The average molecular weight is 513 g/mol. The van der Waals surface area contributed by atoms with Gasteiger partial charge in [0.05, 0.1) is 29.5 Å². The minimum Gasteiger partial charge on any atom is -0.390 e. The Labute approximate surface area is 227 Å². The van der Waals surface area contributed by atoms with Gasteiger partial charge in [-0.3, -0.25) is 0 Å². The molecule has 6 fully saturated rings. The number of hydrogen-bond donors (Lipinski definition) is 1. The fraction of sp³-hybridized carbons (Fsp3) is 0.941. The van der Waals surface area contributed by atoms with Crippen LogP contribution < -0.4 is 0 Å². The summed E-state index contributed by atoms with van der Waals surface area (Å²) in [5.74, 6) is 2.40. The van der Waals surface area contributed by atoms with Crippen molar-refractivity contribution in [3.63, 3.8) is 0 Å². The highest BCUT2D eigenvalue weighted by molar-refractivity contribution is 5.29. The van der Waals surface area contributed by atoms with Gasteiger partial charge in [0.15, 0.2) is 0 Å². The summed E-state index contributed by atoms with van der Waals surface area (Å²) in [6.45, 7) is 21.4. The Morgan fingerprint density at radius 1 is 0.919 bits per heavy atom. The zero-order valence-corrected chi connectivity index (χ0v) is 25.5. The number of fused-ring (bicyclic) bond motifs is 4. The van der Waals surface area contributed by atoms with Crippen LogP contribution in [0.15, 0.2) is 11.6 Å². The molecule has 3 heteroatoms. The third-order valence-corrected chi connectivity index (χ3v) is 13.8. The number of rotatable bonds is 3. The molecule has 6 rings (SSSR count). The van der Waals surface area contributed by atoms with Crippen molar-refractivity contribution in [1.82, 2.24) is 0 Å². The maximum absolute atomic E-state index is 12.0. The molecule has 3 nitrogen and oxygen atoms in total. The molecule has 0 aromatic heterocycles. The zero-order valence-electron chi connectivity index (χ0n) is 25.5. The van der Waals surface area contributed by atoms with Gasteiger partial charge in [-0.2, -0.15) is 0 Å². The molecule has 0 amide bonds. The summed E-state index contributed by atoms with van der Waals surface area (Å²) < 4.78 is 13.7. The van der Waals surface area contributed by atoms with Crippen LogP contribution in [-0.4, -0.2) is 34.6 Å². The highest BCUT2D eigenvalue weighted by Gasteiger charge is 2.79. The summed E-state index contributed by atoms with van der Waals surface area (Å²) in [5.41, 5.74) is 1.81. The number of hydrogen-bond acceptors (Lipinski definition) is 3. The monoisotopic (exact) mass is 512 g/mol. The van der Waals surface area contributed by atoms with Gasteiger partial charge < -0.3 is 14.6 Å². The molecule has 2 bridgehead atoms. The van der Waals surface area contributed by atoms with Crippen LogP contribution >= 0.6 is 0 Å². The molecule has 0 aromatic rings. The van der Waals surface area contributed by atoms with E-state index in [0.717, 1.165) is 24.7 Å². The van der Waals surface area contributed by atoms with Gasteiger partial charge in [0.2, 0.25) is 0 Å². The minimum absolute atomic E-state index is 0.0560. The van der Waals surface area contributed by atoms with Crippen LogP contribution in [0.5, 0.6) is 0 Å². The maximum atomic E-state index is 12.0. The van der Waals surface area contributed by atoms with Crippen LogP contribution in [0.25, 0.3) is 0 Å². The van der Waals surface area contributed by atoms with Crippen molar-refractivity contribution in [2.45, 2.75) is 156 Å². The van der Waals surface area contributed by atoms with Crippen molar-refractivity contribution in [1.29, 1.82) is 0 Å². The Morgan fingerprint density at radius 3 is 2.32 bits per heavy atom. The normalized spacial score (nSPS) is 55.8. The maximum Gasteiger partial charge on any atom is 0.0793 e. The summed E-state index contributed by atoms with van der Waals surface area (Å²) in [5, 5.41) is 12.0. The summed E-state index contributed by atoms with van der Waals surface area (Å²) in [7, 11) is 0. The van der Waals surface area contributed by atoms with E-state index in [9.17, 15) is 5.11 Å². The fourth-order valence-corrected chi connectivity index (χ4v) is 13.0. The topological polar surface area (TPSA) is 38.7 Å². The smallest absolute Gasteiger partial charge is 0.0793 e. The average Bonchev–Trinajstić information content (AvgIpc) is 3.27. The number of aliphatic hydroxyl groups is 1. The summed E-state index contributed by atoms with van der Waals surface area (Å²) >= 11 is 0. The Morgan fingerprint density at radius 2 is 1.65 bits per heavy atom. The lowest BCUT2D eigenvalue weighted by atomic mass is 9.34. The molecule has 1 saturated heterocycles. The van der Waals surface area contributed by atoms with Crippen molar-refractivity contribution in [3.05, 3.63) is 11.6 Å². The first kappa shape index (κ1) is 26.8. The van der Waals surface area contributed by atoms with E-state index in [-0.39, 0.29) is 17.1 Å². The first-order valence-corrected chi connectivity index (χ1v) is 15.8. The lowest BCUT2D eigenvalue weighted by Gasteiger charge is -2.71. The largest absolute Gasteiger partial charge is 0.390 e. The number of allylic oxidation sites excluding steroid dienone is 1. The summed E-state index contributed by atoms with van der Waals surface area (Å²) in [4.78, 5) is 0. The second-order valence-electron chi connectivity index (χ2n) is 16.6. The number of ether oxygens (including phenoxy) is 2. The van der Waals surface area contributed by atoms with Crippen LogP contribution in [0.3, 0.4) is 0 Å². The van der Waals surface area contributed by atoms with E-state index in [1.165, 1.54) is 56.9 Å². The molecular weight excluding hydrogens is 456 g/mol. The van der Waals surface area contributed by atoms with Crippen LogP contribution in [0.1, 0.15) is 127 Å². The van der Waals surface area contributed by atoms with Gasteiger partial charge in [0.25, 0.3) is 0 Å². The van der Waals surface area contributed by atoms with Gasteiger partial charge >= 0.3 is 0 Å². The Balaban J connectivity index is 1.36. The molecule has 37 heavy (non-hydrogen) atoms. The predicted molar refractivity (Wildman–Crippen MR) is 150 cm³/mol. The zero-order chi connectivity index (χ0) is 26.8. The van der Waals surface area contributed by atoms with Gasteiger partial charge in [-0.15, -0.1) is 0 Å². The van der Waals surface area contributed by atoms with Crippen molar-refractivity contribution < 1.29 is 14.6 Å². The van der Waals surface area contributed by atoms with Crippen LogP contribution in [0, 0.1) is 45.3 Å². The molecular formula is C34H56O3. The molecule has 0 aromatic carbocycles. The van der Waals surface area contributed by atoms with E-state index >= 15 is 0 Å². The van der Waals surface area contributed by atoms with Crippen molar-refractivity contribution in [2.75, 3.05) is 0 Å². The Kier molecular flexibility index (Phi) is 5.87. The van der Waals surface area contributed by atoms with Gasteiger partial charge in [0.1, 0.15) is 0 Å². The third kappa shape index (κ3) is 3.41. The highest BCUT2D eigenvalue weighted by Crippen LogP contribution is 2.82. The summed E-state index contributed by atoms with van der Waals surface area (Å²) in [6.07, 6.45) is 15.2. The van der Waals surface area contributed by atoms with Crippen molar-refractivity contribution in [2.24, 2.45) is 45.3 Å². The van der Waals surface area contributed by atoms with E-state index < -0.39 is 5.60 Å². The van der Waals surface area contributed by atoms with Gasteiger partial charge in [-0.05, 0) is 132 Å². The van der Waals surface area contributed by atoms with E-state index in [2.05, 4.69) is 68.4 Å². The van der Waals surface area contributed by atoms with E-state index in [1.807, 2.05) is 0 Å². The molecule has 1 heterocycles. The Hall–Kier alpha value is -0.380. The lowest BCUT2D eigenvalue weighted by Crippen LogP contribution is -2.66. The van der Waals surface area contributed by atoms with E-state index in [4.69, 9.17) is 9.47 Å². The molecule has 210 valence electrons. The standard InChI is InChI=1S/C34H56O3/c1-21(2)18-23-19-32(9,35)28-24-10-11-26-30(7)14-13-27(36-22(3)4)29(5,6)25(30)12-15-31(26,8)33(24)16-17-34(28,20-33)37-23/h18,22-28,35H,10-17,19-20H2,1-9H3/t23?,24?,25?,26?,27?,28?,30-,31?,32?,33?,34?/m0/s1. The van der Waals surface area contributed by atoms with E-state index in [1.54, 1.807) is 0 Å². The SMILES string of the molecule is CC(C)=CC1CC(C)(O)C2C3CCC4C(C)(CCC5C(C)(C)C(OC(C)C)CC[C@@]54C)C34CCC2(C4)O1. The molecule has 0 radical (unpaired) electrons. The minimum atomic E-state index is -0.639. The van der Waals surface area contributed by atoms with Crippen LogP contribution in [0.4, 0.5) is 0 Å². The molecule has 1 N–H and O–H groups in total. The third-order valence-electron chi connectivity index (χ3n) is 13.8. The highest BCUT2D eigenvalue weighted by atomic mass is 16.5. The van der Waals surface area contributed by atoms with Gasteiger partial charge in [-0.1, -0.05) is 39.3 Å².